The molecule has 55 heavy (non-hydrogen) atoms. The van der Waals surface area contributed by atoms with Crippen molar-refractivity contribution < 1.29 is 28.9 Å². The summed E-state index contributed by atoms with van der Waals surface area (Å²) in [5.41, 5.74) is 6.85. The standard InChI is InChI=1S/C45H54N4O6/c1-53-43(51)41(26-32-9-3-2-4-10-32)47-45(52)46-28-34-11-7-12-38(25-34)35-18-20-37(21-19-35)44-54-40(27-42(55-44)36-16-14-33(31-50)15-17-36)30-49-24-8-13-39(49)29-48-22-5-6-23-48/h2-4,7,9-12,14-21,25,39-42,44,50H,5-6,8,13,22-24,26-31H2,1H3,(H2,46,47,52). The van der Waals surface area contributed by atoms with Gasteiger partial charge in [0.05, 0.1) is 25.9 Å². The summed E-state index contributed by atoms with van der Waals surface area (Å²) in [5, 5.41) is 15.3. The number of likely N-dealkylation sites (tertiary alicyclic amines) is 2. The van der Waals surface area contributed by atoms with Gasteiger partial charge in [0.2, 0.25) is 0 Å². The molecule has 5 unspecified atom stereocenters. The lowest BCUT2D eigenvalue weighted by Gasteiger charge is -2.39. The number of hydrogen-bond acceptors (Lipinski definition) is 8. The molecule has 3 heterocycles. The molecule has 7 rings (SSSR count). The van der Waals surface area contributed by atoms with Crippen LogP contribution in [-0.4, -0.2) is 84.9 Å². The zero-order chi connectivity index (χ0) is 38.0. The van der Waals surface area contributed by atoms with Gasteiger partial charge in [0, 0.05) is 44.1 Å². The van der Waals surface area contributed by atoms with Crippen molar-refractivity contribution in [2.24, 2.45) is 0 Å². The quantitative estimate of drug-likeness (QED) is 0.125. The smallest absolute Gasteiger partial charge is 0.328 e. The molecule has 0 bridgehead atoms. The summed E-state index contributed by atoms with van der Waals surface area (Å²) < 4.78 is 18.4. The molecule has 0 saturated carbocycles. The Morgan fingerprint density at radius 3 is 2.29 bits per heavy atom. The molecular weight excluding hydrogens is 693 g/mol. The molecule has 4 aromatic carbocycles. The highest BCUT2D eigenvalue weighted by Gasteiger charge is 2.36. The highest BCUT2D eigenvalue weighted by molar-refractivity contribution is 5.83. The van der Waals surface area contributed by atoms with Crippen LogP contribution in [0, 0.1) is 0 Å². The normalized spacial score (nSPS) is 22.3. The maximum atomic E-state index is 12.9. The number of aliphatic hydroxyl groups excluding tert-OH is 1. The van der Waals surface area contributed by atoms with Gasteiger partial charge in [0.1, 0.15) is 6.04 Å². The predicted molar refractivity (Wildman–Crippen MR) is 212 cm³/mol. The first-order valence-corrected chi connectivity index (χ1v) is 19.8. The molecule has 3 aliphatic rings. The molecule has 3 aliphatic heterocycles. The van der Waals surface area contributed by atoms with Crippen molar-refractivity contribution in [2.45, 2.75) is 82.3 Å². The van der Waals surface area contributed by atoms with E-state index in [-0.39, 0.29) is 18.8 Å². The zero-order valence-electron chi connectivity index (χ0n) is 31.8. The van der Waals surface area contributed by atoms with E-state index in [9.17, 15) is 14.7 Å². The molecule has 3 saturated heterocycles. The van der Waals surface area contributed by atoms with Gasteiger partial charge in [-0.05, 0) is 84.8 Å². The SMILES string of the molecule is COC(=O)C(Cc1ccccc1)NC(=O)NCc1cccc(-c2ccc(C3OC(CN4CCCC4CN4CCCC4)CC(c4ccc(CO)cc4)O3)cc2)c1. The summed E-state index contributed by atoms with van der Waals surface area (Å²) >= 11 is 0. The van der Waals surface area contributed by atoms with Crippen LogP contribution in [0.3, 0.4) is 0 Å². The van der Waals surface area contributed by atoms with E-state index in [0.717, 1.165) is 65.0 Å². The number of carbonyl (C=O) groups excluding carboxylic acids is 2. The monoisotopic (exact) mass is 746 g/mol. The number of hydrogen-bond donors (Lipinski definition) is 3. The van der Waals surface area contributed by atoms with Gasteiger partial charge in [-0.1, -0.05) is 97.1 Å². The van der Waals surface area contributed by atoms with Gasteiger partial charge in [-0.2, -0.15) is 0 Å². The predicted octanol–water partition coefficient (Wildman–Crippen LogP) is 6.54. The Bertz CT molecular complexity index is 1830. The third-order valence-electron chi connectivity index (χ3n) is 11.2. The van der Waals surface area contributed by atoms with Crippen molar-refractivity contribution in [3.63, 3.8) is 0 Å². The van der Waals surface area contributed by atoms with E-state index in [1.54, 1.807) is 0 Å². The molecule has 10 nitrogen and oxygen atoms in total. The summed E-state index contributed by atoms with van der Waals surface area (Å²) in [6, 6.07) is 33.3. The van der Waals surface area contributed by atoms with E-state index >= 15 is 0 Å². The summed E-state index contributed by atoms with van der Waals surface area (Å²) in [5.74, 6) is -0.496. The number of nitrogens with one attached hydrogen (secondary N) is 2. The minimum Gasteiger partial charge on any atom is -0.467 e. The highest BCUT2D eigenvalue weighted by Crippen LogP contribution is 2.39. The van der Waals surface area contributed by atoms with E-state index < -0.39 is 24.3 Å². The van der Waals surface area contributed by atoms with E-state index in [4.69, 9.17) is 14.2 Å². The van der Waals surface area contributed by atoms with Gasteiger partial charge < -0.3 is 34.9 Å². The largest absolute Gasteiger partial charge is 0.467 e. The fourth-order valence-electron chi connectivity index (χ4n) is 8.17. The highest BCUT2D eigenvalue weighted by atomic mass is 16.7. The van der Waals surface area contributed by atoms with Gasteiger partial charge in [0.25, 0.3) is 0 Å². The first kappa shape index (κ1) is 38.7. The van der Waals surface area contributed by atoms with Crippen LogP contribution in [0.15, 0.2) is 103 Å². The minimum absolute atomic E-state index is 0.0152. The Hall–Kier alpha value is -4.58. The molecule has 2 amide bonds. The number of aliphatic hydroxyl groups is 1. The molecule has 0 radical (unpaired) electrons. The van der Waals surface area contributed by atoms with Gasteiger partial charge in [-0.3, -0.25) is 4.90 Å². The van der Waals surface area contributed by atoms with Crippen molar-refractivity contribution >= 4 is 12.0 Å². The maximum Gasteiger partial charge on any atom is 0.328 e. The molecule has 3 N–H and O–H groups in total. The Balaban J connectivity index is 1.000. The number of carbonyl (C=O) groups is 2. The first-order valence-electron chi connectivity index (χ1n) is 19.8. The average Bonchev–Trinajstić information content (AvgIpc) is 3.92. The summed E-state index contributed by atoms with van der Waals surface area (Å²) in [4.78, 5) is 30.5. The van der Waals surface area contributed by atoms with Crippen molar-refractivity contribution in [3.8, 4) is 11.1 Å². The number of methoxy groups -OCH3 is 1. The molecule has 0 spiro atoms. The maximum absolute atomic E-state index is 12.9. The minimum atomic E-state index is -0.802. The van der Waals surface area contributed by atoms with Crippen molar-refractivity contribution in [1.29, 1.82) is 0 Å². The van der Waals surface area contributed by atoms with Crippen LogP contribution in [0.2, 0.25) is 0 Å². The molecule has 0 aliphatic carbocycles. The second-order valence-corrected chi connectivity index (χ2v) is 15.1. The van der Waals surface area contributed by atoms with Gasteiger partial charge >= 0.3 is 12.0 Å². The fourth-order valence-corrected chi connectivity index (χ4v) is 8.17. The molecule has 0 aromatic heterocycles. The fraction of sp³-hybridized carbons (Fsp3) is 0.422. The lowest BCUT2D eigenvalue weighted by molar-refractivity contribution is -0.253. The van der Waals surface area contributed by atoms with Crippen LogP contribution in [0.1, 0.15) is 72.3 Å². The Labute approximate surface area is 324 Å². The van der Waals surface area contributed by atoms with Crippen LogP contribution in [0.4, 0.5) is 4.79 Å². The molecule has 10 heteroatoms. The van der Waals surface area contributed by atoms with Gasteiger partial charge in [-0.15, -0.1) is 0 Å². The van der Waals surface area contributed by atoms with E-state index in [1.807, 2.05) is 54.6 Å². The second kappa shape index (κ2) is 18.8. The topological polar surface area (TPSA) is 113 Å². The molecule has 4 aromatic rings. The van der Waals surface area contributed by atoms with Crippen LogP contribution < -0.4 is 10.6 Å². The Morgan fingerprint density at radius 2 is 1.55 bits per heavy atom. The van der Waals surface area contributed by atoms with E-state index in [0.29, 0.717) is 19.0 Å². The van der Waals surface area contributed by atoms with Crippen LogP contribution >= 0.6 is 0 Å². The number of nitrogens with zero attached hydrogens (tertiary/aromatic N) is 2. The number of urea groups is 1. The number of rotatable bonds is 14. The second-order valence-electron chi connectivity index (χ2n) is 15.1. The van der Waals surface area contributed by atoms with Crippen LogP contribution in [-0.2, 0) is 38.6 Å². The molecule has 290 valence electrons. The van der Waals surface area contributed by atoms with Crippen LogP contribution in [0.5, 0.6) is 0 Å². The summed E-state index contributed by atoms with van der Waals surface area (Å²) in [7, 11) is 1.32. The zero-order valence-corrected chi connectivity index (χ0v) is 31.8. The molecule has 3 fully saturated rings. The van der Waals surface area contributed by atoms with E-state index in [2.05, 4.69) is 69.0 Å². The van der Waals surface area contributed by atoms with Gasteiger partial charge in [0.15, 0.2) is 6.29 Å². The lowest BCUT2D eigenvalue weighted by Crippen LogP contribution is -2.47. The number of amides is 2. The summed E-state index contributed by atoms with van der Waals surface area (Å²) in [6.45, 7) is 5.88. The van der Waals surface area contributed by atoms with Crippen LogP contribution in [0.25, 0.3) is 11.1 Å². The average molecular weight is 747 g/mol. The molecule has 5 atom stereocenters. The summed E-state index contributed by atoms with van der Waals surface area (Å²) in [6.07, 6.45) is 5.57. The Kier molecular flexibility index (Phi) is 13.3. The third kappa shape index (κ3) is 10.4. The van der Waals surface area contributed by atoms with Crippen molar-refractivity contribution in [1.82, 2.24) is 20.4 Å². The lowest BCUT2D eigenvalue weighted by atomic mass is 9.98. The third-order valence-corrected chi connectivity index (χ3v) is 11.2. The molecular formula is C45H54N4O6. The van der Waals surface area contributed by atoms with E-state index in [1.165, 1.54) is 45.9 Å². The van der Waals surface area contributed by atoms with Crippen molar-refractivity contribution in [3.05, 3.63) is 131 Å². The number of benzene rings is 4. The first-order chi connectivity index (χ1) is 26.9. The number of ether oxygens (including phenoxy) is 3. The Morgan fingerprint density at radius 1 is 0.800 bits per heavy atom. The van der Waals surface area contributed by atoms with Gasteiger partial charge in [-0.25, -0.2) is 9.59 Å². The number of esters is 1. The van der Waals surface area contributed by atoms with Crippen molar-refractivity contribution in [2.75, 3.05) is 39.8 Å².